The summed E-state index contributed by atoms with van der Waals surface area (Å²) < 4.78 is 40.3. The zero-order chi connectivity index (χ0) is 19.3. The minimum atomic E-state index is -4.76. The summed E-state index contributed by atoms with van der Waals surface area (Å²) in [6.07, 6.45) is 0.369. The first-order chi connectivity index (χ1) is 12.9. The SMILES string of the molecule is O=C(NCc1nccc(N2CCCCC2)n1)c1ccc(OC(F)(F)F)cc1. The van der Waals surface area contributed by atoms with E-state index in [4.69, 9.17) is 0 Å². The molecular formula is C18H19F3N4O2. The first-order valence-electron chi connectivity index (χ1n) is 8.61. The number of nitrogens with zero attached hydrogens (tertiary/aromatic N) is 3. The van der Waals surface area contributed by atoms with E-state index < -0.39 is 12.3 Å². The molecule has 1 fully saturated rings. The predicted octanol–water partition coefficient (Wildman–Crippen LogP) is 3.30. The maximum Gasteiger partial charge on any atom is 0.573 e. The molecule has 9 heteroatoms. The number of hydrogen-bond acceptors (Lipinski definition) is 5. The number of carbonyl (C=O) groups excluding carboxylic acids is 1. The third kappa shape index (κ3) is 5.57. The number of anilines is 1. The minimum absolute atomic E-state index is 0.126. The van der Waals surface area contributed by atoms with E-state index in [0.29, 0.717) is 5.82 Å². The molecule has 1 aromatic heterocycles. The minimum Gasteiger partial charge on any atom is -0.406 e. The van der Waals surface area contributed by atoms with E-state index >= 15 is 0 Å². The fourth-order valence-electron chi connectivity index (χ4n) is 2.84. The van der Waals surface area contributed by atoms with Crippen LogP contribution in [0.1, 0.15) is 35.4 Å². The zero-order valence-electron chi connectivity index (χ0n) is 14.5. The third-order valence-corrected chi connectivity index (χ3v) is 4.13. The molecule has 0 unspecified atom stereocenters. The first kappa shape index (κ1) is 18.9. The van der Waals surface area contributed by atoms with Gasteiger partial charge in [-0.05, 0) is 49.6 Å². The van der Waals surface area contributed by atoms with Crippen molar-refractivity contribution in [2.24, 2.45) is 0 Å². The molecule has 0 aliphatic carbocycles. The van der Waals surface area contributed by atoms with Gasteiger partial charge in [-0.3, -0.25) is 4.79 Å². The van der Waals surface area contributed by atoms with Gasteiger partial charge in [0, 0.05) is 24.8 Å². The smallest absolute Gasteiger partial charge is 0.406 e. The van der Waals surface area contributed by atoms with Crippen LogP contribution in [0.4, 0.5) is 19.0 Å². The topological polar surface area (TPSA) is 67.4 Å². The molecule has 0 saturated carbocycles. The summed E-state index contributed by atoms with van der Waals surface area (Å²) in [6.45, 7) is 2.03. The highest BCUT2D eigenvalue weighted by Crippen LogP contribution is 2.22. The molecule has 1 N–H and O–H groups in total. The second kappa shape index (κ2) is 8.24. The van der Waals surface area contributed by atoms with Crippen LogP contribution < -0.4 is 15.0 Å². The monoisotopic (exact) mass is 380 g/mol. The largest absolute Gasteiger partial charge is 0.573 e. The van der Waals surface area contributed by atoms with Crippen molar-refractivity contribution in [2.45, 2.75) is 32.2 Å². The second-order valence-corrected chi connectivity index (χ2v) is 6.13. The molecule has 144 valence electrons. The van der Waals surface area contributed by atoms with Gasteiger partial charge in [0.1, 0.15) is 17.4 Å². The van der Waals surface area contributed by atoms with Gasteiger partial charge < -0.3 is 15.0 Å². The fraction of sp³-hybridized carbons (Fsp3) is 0.389. The lowest BCUT2D eigenvalue weighted by molar-refractivity contribution is -0.274. The lowest BCUT2D eigenvalue weighted by atomic mass is 10.1. The Morgan fingerprint density at radius 2 is 1.81 bits per heavy atom. The Morgan fingerprint density at radius 1 is 1.11 bits per heavy atom. The number of hydrogen-bond donors (Lipinski definition) is 1. The summed E-state index contributed by atoms with van der Waals surface area (Å²) in [5.74, 6) is 0.503. The van der Waals surface area contributed by atoms with Crippen LogP contribution in [-0.4, -0.2) is 35.3 Å². The van der Waals surface area contributed by atoms with Gasteiger partial charge in [0.05, 0.1) is 6.54 Å². The highest BCUT2D eigenvalue weighted by Gasteiger charge is 2.31. The van der Waals surface area contributed by atoms with Gasteiger partial charge in [-0.25, -0.2) is 9.97 Å². The summed E-state index contributed by atoms with van der Waals surface area (Å²) >= 11 is 0. The molecule has 1 aromatic carbocycles. The average molecular weight is 380 g/mol. The lowest BCUT2D eigenvalue weighted by Gasteiger charge is -2.27. The van der Waals surface area contributed by atoms with Gasteiger partial charge in [0.2, 0.25) is 0 Å². The molecule has 1 saturated heterocycles. The Hall–Kier alpha value is -2.84. The number of halogens is 3. The van der Waals surface area contributed by atoms with Crippen molar-refractivity contribution in [3.8, 4) is 5.75 Å². The van der Waals surface area contributed by atoms with Gasteiger partial charge in [-0.1, -0.05) is 0 Å². The van der Waals surface area contributed by atoms with Crippen molar-refractivity contribution >= 4 is 11.7 Å². The van der Waals surface area contributed by atoms with Crippen molar-refractivity contribution in [1.82, 2.24) is 15.3 Å². The lowest BCUT2D eigenvalue weighted by Crippen LogP contribution is -2.31. The molecule has 6 nitrogen and oxygen atoms in total. The number of aromatic nitrogens is 2. The van der Waals surface area contributed by atoms with Gasteiger partial charge in [0.15, 0.2) is 0 Å². The summed E-state index contributed by atoms with van der Waals surface area (Å²) in [7, 11) is 0. The van der Waals surface area contributed by atoms with E-state index in [2.05, 4.69) is 24.9 Å². The van der Waals surface area contributed by atoms with Crippen LogP contribution >= 0.6 is 0 Å². The highest BCUT2D eigenvalue weighted by atomic mass is 19.4. The van der Waals surface area contributed by atoms with Gasteiger partial charge in [-0.15, -0.1) is 13.2 Å². The molecule has 1 aliphatic heterocycles. The molecule has 2 heterocycles. The molecule has 0 bridgehead atoms. The van der Waals surface area contributed by atoms with E-state index in [9.17, 15) is 18.0 Å². The van der Waals surface area contributed by atoms with Crippen LogP contribution in [0.2, 0.25) is 0 Å². The molecular weight excluding hydrogens is 361 g/mol. The maximum absolute atomic E-state index is 12.2. The molecule has 27 heavy (non-hydrogen) atoms. The molecule has 0 atom stereocenters. The standard InChI is InChI=1S/C18H19F3N4O2/c19-18(20,21)27-14-6-4-13(5-7-14)17(26)23-12-15-22-9-8-16(24-15)25-10-2-1-3-11-25/h4-9H,1-3,10-12H2,(H,23,26). The van der Waals surface area contributed by atoms with Crippen LogP contribution in [0.5, 0.6) is 5.75 Å². The molecule has 0 radical (unpaired) electrons. The van der Waals surface area contributed by atoms with E-state index in [-0.39, 0.29) is 17.9 Å². The normalized spacial score (nSPS) is 14.7. The molecule has 1 aliphatic rings. The molecule has 2 aromatic rings. The number of piperidine rings is 1. The molecule has 3 rings (SSSR count). The first-order valence-corrected chi connectivity index (χ1v) is 8.61. The van der Waals surface area contributed by atoms with Crippen LogP contribution in [-0.2, 0) is 6.54 Å². The van der Waals surface area contributed by atoms with Crippen LogP contribution in [0, 0.1) is 0 Å². The number of ether oxygens (including phenoxy) is 1. The fourth-order valence-corrected chi connectivity index (χ4v) is 2.84. The second-order valence-electron chi connectivity index (χ2n) is 6.13. The number of alkyl halides is 3. The van der Waals surface area contributed by atoms with E-state index in [1.165, 1.54) is 18.6 Å². The summed E-state index contributed by atoms with van der Waals surface area (Å²) in [6, 6.07) is 6.56. The summed E-state index contributed by atoms with van der Waals surface area (Å²) in [4.78, 5) is 23.0. The number of amides is 1. The van der Waals surface area contributed by atoms with E-state index in [1.54, 1.807) is 6.20 Å². The number of rotatable bonds is 5. The van der Waals surface area contributed by atoms with Crippen molar-refractivity contribution < 1.29 is 22.7 Å². The summed E-state index contributed by atoms with van der Waals surface area (Å²) in [5, 5.41) is 2.67. The van der Waals surface area contributed by atoms with Crippen LogP contribution in [0.15, 0.2) is 36.5 Å². The number of benzene rings is 1. The quantitative estimate of drug-likeness (QED) is 0.862. The Labute approximate surface area is 154 Å². The van der Waals surface area contributed by atoms with Crippen molar-refractivity contribution in [3.63, 3.8) is 0 Å². The number of nitrogens with one attached hydrogen (secondary N) is 1. The Balaban J connectivity index is 1.57. The van der Waals surface area contributed by atoms with Crippen LogP contribution in [0.25, 0.3) is 0 Å². The Bertz CT molecular complexity index is 775. The van der Waals surface area contributed by atoms with Crippen LogP contribution in [0.3, 0.4) is 0 Å². The molecule has 0 spiro atoms. The Morgan fingerprint density at radius 3 is 2.48 bits per heavy atom. The molecule has 1 amide bonds. The average Bonchev–Trinajstić information content (AvgIpc) is 2.66. The van der Waals surface area contributed by atoms with Gasteiger partial charge >= 0.3 is 6.36 Å². The highest BCUT2D eigenvalue weighted by molar-refractivity contribution is 5.94. The van der Waals surface area contributed by atoms with Gasteiger partial charge in [0.25, 0.3) is 5.91 Å². The number of carbonyl (C=O) groups is 1. The third-order valence-electron chi connectivity index (χ3n) is 4.13. The van der Waals surface area contributed by atoms with E-state index in [0.717, 1.165) is 43.9 Å². The van der Waals surface area contributed by atoms with Gasteiger partial charge in [-0.2, -0.15) is 0 Å². The van der Waals surface area contributed by atoms with Crippen molar-refractivity contribution in [1.29, 1.82) is 0 Å². The predicted molar refractivity (Wildman–Crippen MR) is 92.4 cm³/mol. The summed E-state index contributed by atoms with van der Waals surface area (Å²) in [5.41, 5.74) is 0.219. The zero-order valence-corrected chi connectivity index (χ0v) is 14.5. The van der Waals surface area contributed by atoms with Crippen molar-refractivity contribution in [3.05, 3.63) is 47.9 Å². The van der Waals surface area contributed by atoms with Crippen molar-refractivity contribution in [2.75, 3.05) is 18.0 Å². The Kier molecular flexibility index (Phi) is 5.78. The van der Waals surface area contributed by atoms with E-state index in [1.807, 2.05) is 6.07 Å². The maximum atomic E-state index is 12.2.